The third-order valence-corrected chi connectivity index (χ3v) is 11.5. The molecule has 3 aromatic rings. The summed E-state index contributed by atoms with van der Waals surface area (Å²) in [5.74, 6) is -8.27. The van der Waals surface area contributed by atoms with Gasteiger partial charge in [0.15, 0.2) is 33.8 Å². The molecule has 26 heteroatoms. The van der Waals surface area contributed by atoms with Gasteiger partial charge >= 0.3 is 16.3 Å². The number of nitrogens with zero attached hydrogens (tertiary/aromatic N) is 4. The van der Waals surface area contributed by atoms with Crippen LogP contribution in [-0.2, 0) is 34.3 Å². The van der Waals surface area contributed by atoms with Gasteiger partial charge < -0.3 is 57.0 Å². The Morgan fingerprint density at radius 2 is 1.64 bits per heavy atom. The molecule has 0 spiro atoms. The number of aromatic hydroxyl groups is 4. The van der Waals surface area contributed by atoms with Crippen LogP contribution in [0.25, 0.3) is 0 Å². The SMILES string of the molecule is CC(C)(O/N=C(\C(=O)N[C@@H]1C(=O)N(S(=O)(=O)O)[C@H]1CSCCNC(=O)CN(CCCCNC(=O)c1cccc(O)c1O)C(=O)c1cccc(O)c1O)c1cnc(N)s1)C(=O)O. The number of carbonyl (C=O) groups excluding carboxylic acids is 5. The van der Waals surface area contributed by atoms with Gasteiger partial charge in [-0.05, 0) is 51.0 Å². The Balaban J connectivity index is 1.35. The van der Waals surface area contributed by atoms with Gasteiger partial charge in [-0.2, -0.15) is 20.2 Å². The van der Waals surface area contributed by atoms with E-state index in [0.29, 0.717) is 0 Å². The fourth-order valence-electron chi connectivity index (χ4n) is 5.39. The average Bonchev–Trinajstić information content (AvgIpc) is 3.62. The third kappa shape index (κ3) is 12.1. The summed E-state index contributed by atoms with van der Waals surface area (Å²) in [5, 5.41) is 60.4. The molecule has 61 heavy (non-hydrogen) atoms. The van der Waals surface area contributed by atoms with Crippen LogP contribution in [0.1, 0.15) is 52.3 Å². The number of nitrogen functional groups attached to an aromatic ring is 1. The van der Waals surface area contributed by atoms with Gasteiger partial charge in [0.1, 0.15) is 6.04 Å². The van der Waals surface area contributed by atoms with Crippen LogP contribution in [0.2, 0.25) is 0 Å². The predicted molar refractivity (Wildman–Crippen MR) is 217 cm³/mol. The van der Waals surface area contributed by atoms with Crippen molar-refractivity contribution >= 4 is 79.8 Å². The number of anilines is 1. The van der Waals surface area contributed by atoms with E-state index in [0.717, 1.165) is 54.1 Å². The summed E-state index contributed by atoms with van der Waals surface area (Å²) in [6.45, 7) is 1.77. The molecule has 0 radical (unpaired) electrons. The van der Waals surface area contributed by atoms with Gasteiger partial charge in [-0.15, -0.1) is 0 Å². The summed E-state index contributed by atoms with van der Waals surface area (Å²) in [6.07, 6.45) is 1.67. The largest absolute Gasteiger partial charge is 0.504 e. The lowest BCUT2D eigenvalue weighted by Crippen LogP contribution is -2.73. The highest BCUT2D eigenvalue weighted by molar-refractivity contribution is 7.99. The quantitative estimate of drug-likeness (QED) is 0.0166. The van der Waals surface area contributed by atoms with Crippen molar-refractivity contribution in [2.24, 2.45) is 5.16 Å². The summed E-state index contributed by atoms with van der Waals surface area (Å²) in [7, 11) is -5.09. The Morgan fingerprint density at radius 1 is 1.00 bits per heavy atom. The van der Waals surface area contributed by atoms with Crippen LogP contribution in [0.4, 0.5) is 5.13 Å². The van der Waals surface area contributed by atoms with E-state index in [1.807, 2.05) is 0 Å². The van der Waals surface area contributed by atoms with Gasteiger partial charge in [0.05, 0.1) is 28.6 Å². The predicted octanol–water partition coefficient (Wildman–Crippen LogP) is -0.168. The number of thioether (sulfide) groups is 1. The van der Waals surface area contributed by atoms with Gasteiger partial charge in [0.2, 0.25) is 11.5 Å². The van der Waals surface area contributed by atoms with Crippen molar-refractivity contribution in [3.63, 3.8) is 0 Å². The van der Waals surface area contributed by atoms with Crippen molar-refractivity contribution in [3.8, 4) is 23.0 Å². The van der Waals surface area contributed by atoms with E-state index >= 15 is 0 Å². The highest BCUT2D eigenvalue weighted by Crippen LogP contribution is 2.31. The van der Waals surface area contributed by atoms with E-state index in [2.05, 4.69) is 26.1 Å². The second kappa shape index (κ2) is 20.3. The highest BCUT2D eigenvalue weighted by Gasteiger charge is 2.54. The molecule has 0 aliphatic carbocycles. The first-order chi connectivity index (χ1) is 28.6. The summed E-state index contributed by atoms with van der Waals surface area (Å²) >= 11 is 1.80. The van der Waals surface area contributed by atoms with Crippen LogP contribution in [0.3, 0.4) is 0 Å². The molecule has 5 amide bonds. The monoisotopic (exact) mass is 910 g/mol. The minimum atomic E-state index is -5.09. The number of hydrogen-bond acceptors (Lipinski definition) is 18. The number of nitrogens with one attached hydrogen (secondary N) is 3. The van der Waals surface area contributed by atoms with E-state index < -0.39 is 98.7 Å². The van der Waals surface area contributed by atoms with Crippen molar-refractivity contribution in [1.29, 1.82) is 0 Å². The lowest BCUT2D eigenvalue weighted by molar-refractivity contribution is -0.161. The van der Waals surface area contributed by atoms with Crippen LogP contribution >= 0.6 is 23.1 Å². The zero-order valence-corrected chi connectivity index (χ0v) is 34.8. The number of unbranched alkanes of at least 4 members (excludes halogenated alkanes) is 1. The van der Waals surface area contributed by atoms with E-state index in [4.69, 9.17) is 10.6 Å². The molecule has 11 N–H and O–H groups in total. The van der Waals surface area contributed by atoms with Crippen LogP contribution in [0.5, 0.6) is 23.0 Å². The Kier molecular flexibility index (Phi) is 15.7. The smallest absolute Gasteiger partial charge is 0.362 e. The molecule has 0 saturated carbocycles. The summed E-state index contributed by atoms with van der Waals surface area (Å²) in [5.41, 5.74) is 2.81. The number of carboxylic acids is 1. The molecule has 330 valence electrons. The zero-order valence-electron chi connectivity index (χ0n) is 32.3. The molecule has 23 nitrogen and oxygen atoms in total. The Hall–Kier alpha value is -6.38. The number of carbonyl (C=O) groups is 6. The van der Waals surface area contributed by atoms with Gasteiger partial charge in [-0.1, -0.05) is 28.6 Å². The van der Waals surface area contributed by atoms with Crippen LogP contribution in [-0.4, -0.2) is 149 Å². The summed E-state index contributed by atoms with van der Waals surface area (Å²) in [4.78, 5) is 86.6. The number of thiazole rings is 1. The number of phenols is 4. The number of phenolic OH excluding ortho intramolecular Hbond substituents is 4. The fourth-order valence-corrected chi connectivity index (χ4v) is 8.02. The van der Waals surface area contributed by atoms with Gasteiger partial charge in [-0.25, -0.2) is 14.1 Å². The molecular formula is C35H42N8O15S3. The van der Waals surface area contributed by atoms with Gasteiger partial charge in [0.25, 0.3) is 23.6 Å². The molecule has 2 atom stereocenters. The average molecular weight is 911 g/mol. The maximum absolute atomic E-state index is 13.4. The lowest BCUT2D eigenvalue weighted by atomic mass is 10.0. The molecule has 0 bridgehead atoms. The summed E-state index contributed by atoms with van der Waals surface area (Å²) < 4.78 is 34.0. The van der Waals surface area contributed by atoms with Gasteiger partial charge in [-0.3, -0.25) is 28.5 Å². The molecule has 1 fully saturated rings. The standard InChI is InChI=1S/C35H42N8O15S3/c1-35(2,33(53)54)58-41-26(23-15-39-34(36)60-23)30(50)40-25-20(43(32(25)52)61(55,56)57)17-59-14-12-37-24(46)16-42(31(51)19-8-6-10-22(45)28(19)48)13-4-3-11-38-29(49)18-7-5-9-21(44)27(18)47/h5-10,15,20,25,44-45,47-48H,3-4,11-14,16-17H2,1-2H3,(H2,36,39)(H,37,46)(H,38,49)(H,40,50)(H,53,54)(H,55,56,57)/b41-26-/t20-,25-/m0/s1. The van der Waals surface area contributed by atoms with E-state index in [1.54, 1.807) is 0 Å². The number of para-hydroxylation sites is 2. The second-order valence-electron chi connectivity index (χ2n) is 13.5. The summed E-state index contributed by atoms with van der Waals surface area (Å²) in [6, 6.07) is 4.77. The number of amides is 5. The number of hydrogen-bond donors (Lipinski definition) is 10. The van der Waals surface area contributed by atoms with E-state index in [9.17, 15) is 67.3 Å². The maximum atomic E-state index is 13.4. The zero-order chi connectivity index (χ0) is 45.2. The van der Waals surface area contributed by atoms with E-state index in [-0.39, 0.29) is 69.4 Å². The minimum Gasteiger partial charge on any atom is -0.504 e. The van der Waals surface area contributed by atoms with Crippen molar-refractivity contribution in [2.45, 2.75) is 44.4 Å². The molecule has 2 heterocycles. The number of β-lactam (4-membered cyclic amide) rings is 1. The number of nitrogens with two attached hydrogens (primary N) is 1. The normalized spacial score (nSPS) is 15.4. The van der Waals surface area contributed by atoms with Crippen molar-refractivity contribution < 1.29 is 72.1 Å². The van der Waals surface area contributed by atoms with Crippen LogP contribution < -0.4 is 21.7 Å². The first-order valence-electron chi connectivity index (χ1n) is 17.9. The Morgan fingerprint density at radius 3 is 2.25 bits per heavy atom. The van der Waals surface area contributed by atoms with Crippen LogP contribution in [0.15, 0.2) is 47.8 Å². The molecule has 0 unspecified atom stereocenters. The first-order valence-corrected chi connectivity index (χ1v) is 21.3. The molecular weight excluding hydrogens is 869 g/mol. The molecule has 4 rings (SSSR count). The fraction of sp³-hybridized carbons (Fsp3) is 0.371. The Bertz CT molecular complexity index is 2300. The molecule has 1 aliphatic heterocycles. The number of oxime groups is 1. The highest BCUT2D eigenvalue weighted by atomic mass is 32.2. The van der Waals surface area contributed by atoms with Gasteiger partial charge in [0, 0.05) is 37.3 Å². The van der Waals surface area contributed by atoms with Crippen LogP contribution in [0, 0.1) is 0 Å². The molecule has 1 saturated heterocycles. The minimum absolute atomic E-state index is 0.00922. The molecule has 1 aliphatic rings. The second-order valence-corrected chi connectivity index (χ2v) is 17.0. The molecule has 1 aromatic heterocycles. The van der Waals surface area contributed by atoms with Crippen molar-refractivity contribution in [3.05, 3.63) is 58.6 Å². The number of rotatable bonds is 21. The number of aromatic nitrogens is 1. The number of benzene rings is 2. The van der Waals surface area contributed by atoms with Crippen molar-refractivity contribution in [1.82, 2.24) is 30.1 Å². The number of carboxylic acid groups (broad SMARTS) is 1. The lowest BCUT2D eigenvalue weighted by Gasteiger charge is -2.44. The first kappa shape index (κ1) is 47.3. The Labute approximate surface area is 355 Å². The molecule has 2 aromatic carbocycles. The number of aliphatic carboxylic acids is 1. The van der Waals surface area contributed by atoms with E-state index in [1.165, 1.54) is 30.3 Å². The topological polar surface area (TPSA) is 361 Å². The van der Waals surface area contributed by atoms with Crippen molar-refractivity contribution in [2.75, 3.05) is 43.4 Å². The maximum Gasteiger partial charge on any atom is 0.362 e. The third-order valence-electron chi connectivity index (χ3n) is 8.68.